The van der Waals surface area contributed by atoms with Crippen LogP contribution in [0.2, 0.25) is 0 Å². The Hall–Kier alpha value is -2.40. The first-order valence-corrected chi connectivity index (χ1v) is 8.34. The topological polar surface area (TPSA) is 54.6 Å². The highest BCUT2D eigenvalue weighted by molar-refractivity contribution is 9.10. The van der Waals surface area contributed by atoms with Crippen LogP contribution < -0.4 is 11.1 Å². The number of aryl methyl sites for hydroxylation is 2. The average Bonchev–Trinajstić information content (AvgIpc) is 2.55. The normalized spacial score (nSPS) is 11.8. The summed E-state index contributed by atoms with van der Waals surface area (Å²) in [5.74, 6) is 0. The van der Waals surface area contributed by atoms with E-state index in [-0.39, 0.29) is 0 Å². The zero-order valence-corrected chi connectivity index (χ0v) is 15.3. The number of hydrazone groups is 1. The van der Waals surface area contributed by atoms with E-state index < -0.39 is 5.63 Å². The Morgan fingerprint density at radius 1 is 1.08 bits per heavy atom. The number of hydrogen-bond acceptors (Lipinski definition) is 4. The molecule has 0 aliphatic heterocycles. The summed E-state index contributed by atoms with van der Waals surface area (Å²) >= 11 is 3.42. The van der Waals surface area contributed by atoms with Gasteiger partial charge in [0.05, 0.1) is 17.0 Å². The maximum absolute atomic E-state index is 12.2. The molecule has 3 rings (SSSR count). The van der Waals surface area contributed by atoms with Crippen LogP contribution in [0.1, 0.15) is 23.6 Å². The molecule has 0 radical (unpaired) electrons. The van der Waals surface area contributed by atoms with Crippen molar-refractivity contribution in [1.82, 2.24) is 0 Å². The Morgan fingerprint density at radius 3 is 2.62 bits per heavy atom. The highest BCUT2D eigenvalue weighted by Crippen LogP contribution is 2.20. The van der Waals surface area contributed by atoms with Crippen LogP contribution in [0.25, 0.3) is 11.0 Å². The Morgan fingerprint density at radius 2 is 1.88 bits per heavy atom. The Kier molecular flexibility index (Phi) is 4.53. The molecule has 122 valence electrons. The molecule has 1 N–H and O–H groups in total. The van der Waals surface area contributed by atoms with Gasteiger partial charge in [0.15, 0.2) is 0 Å². The van der Waals surface area contributed by atoms with Crippen LogP contribution in [0.4, 0.5) is 5.69 Å². The minimum absolute atomic E-state index is 0.395. The minimum atomic E-state index is -0.395. The number of rotatable bonds is 3. The second-order valence-corrected chi connectivity index (χ2v) is 6.65. The first-order valence-electron chi connectivity index (χ1n) is 7.55. The highest BCUT2D eigenvalue weighted by atomic mass is 79.9. The molecule has 2 aromatic carbocycles. The fraction of sp³-hybridized carbons (Fsp3) is 0.158. The molecular weight excluding hydrogens is 368 g/mol. The predicted molar refractivity (Wildman–Crippen MR) is 102 cm³/mol. The average molecular weight is 385 g/mol. The maximum Gasteiger partial charge on any atom is 0.345 e. The van der Waals surface area contributed by atoms with Gasteiger partial charge in [0.2, 0.25) is 0 Å². The quantitative estimate of drug-likeness (QED) is 0.392. The van der Waals surface area contributed by atoms with Crippen molar-refractivity contribution in [1.29, 1.82) is 0 Å². The van der Waals surface area contributed by atoms with Crippen molar-refractivity contribution < 1.29 is 4.42 Å². The Bertz CT molecular complexity index is 1010. The fourth-order valence-electron chi connectivity index (χ4n) is 2.37. The van der Waals surface area contributed by atoms with E-state index in [1.54, 1.807) is 19.1 Å². The first-order chi connectivity index (χ1) is 11.4. The third-order valence-corrected chi connectivity index (χ3v) is 4.44. The van der Waals surface area contributed by atoms with E-state index in [1.165, 1.54) is 11.1 Å². The first kappa shape index (κ1) is 16.5. The van der Waals surface area contributed by atoms with E-state index in [1.807, 2.05) is 37.3 Å². The second-order valence-electron chi connectivity index (χ2n) is 5.74. The van der Waals surface area contributed by atoms with Gasteiger partial charge in [-0.25, -0.2) is 4.79 Å². The Labute approximate surface area is 148 Å². The van der Waals surface area contributed by atoms with Gasteiger partial charge in [0, 0.05) is 9.86 Å². The van der Waals surface area contributed by atoms with Crippen LogP contribution in [0.15, 0.2) is 61.3 Å². The summed E-state index contributed by atoms with van der Waals surface area (Å²) in [6.45, 7) is 5.89. The molecule has 0 spiro atoms. The van der Waals surface area contributed by atoms with Gasteiger partial charge in [-0.2, -0.15) is 5.10 Å². The fourth-order valence-corrected chi connectivity index (χ4v) is 2.74. The SMILES string of the molecule is C/C(=N/Nc1ccc(C)c(C)c1)c1cc2cc(Br)ccc2oc1=O. The third kappa shape index (κ3) is 3.41. The maximum atomic E-state index is 12.2. The van der Waals surface area contributed by atoms with Crippen LogP contribution in [-0.2, 0) is 0 Å². The van der Waals surface area contributed by atoms with E-state index in [2.05, 4.69) is 33.4 Å². The van der Waals surface area contributed by atoms with Crippen molar-refractivity contribution in [3.05, 3.63) is 74.0 Å². The number of fused-ring (bicyclic) bond motifs is 1. The van der Waals surface area contributed by atoms with Crippen molar-refractivity contribution in [2.45, 2.75) is 20.8 Å². The second kappa shape index (κ2) is 6.61. The number of nitrogens with zero attached hydrogens (tertiary/aromatic N) is 1. The van der Waals surface area contributed by atoms with Gasteiger partial charge in [0.25, 0.3) is 0 Å². The summed E-state index contributed by atoms with van der Waals surface area (Å²) < 4.78 is 6.30. The van der Waals surface area contributed by atoms with Gasteiger partial charge in [-0.15, -0.1) is 0 Å². The number of anilines is 1. The smallest absolute Gasteiger partial charge is 0.345 e. The summed E-state index contributed by atoms with van der Waals surface area (Å²) in [6, 6.07) is 13.3. The van der Waals surface area contributed by atoms with Crippen molar-refractivity contribution in [2.24, 2.45) is 5.10 Å². The summed E-state index contributed by atoms with van der Waals surface area (Å²) in [4.78, 5) is 12.2. The van der Waals surface area contributed by atoms with Gasteiger partial charge in [-0.1, -0.05) is 22.0 Å². The van der Waals surface area contributed by atoms with Crippen molar-refractivity contribution in [3.8, 4) is 0 Å². The van der Waals surface area contributed by atoms with Crippen LogP contribution >= 0.6 is 15.9 Å². The van der Waals surface area contributed by atoms with Gasteiger partial charge < -0.3 is 4.42 Å². The van der Waals surface area contributed by atoms with Crippen molar-refractivity contribution >= 4 is 38.3 Å². The molecule has 0 aliphatic rings. The molecule has 0 saturated heterocycles. The minimum Gasteiger partial charge on any atom is -0.422 e. The van der Waals surface area contributed by atoms with Crippen LogP contribution in [0.3, 0.4) is 0 Å². The van der Waals surface area contributed by atoms with E-state index >= 15 is 0 Å². The third-order valence-electron chi connectivity index (χ3n) is 3.94. The molecule has 0 amide bonds. The molecule has 1 aromatic heterocycles. The summed E-state index contributed by atoms with van der Waals surface area (Å²) in [7, 11) is 0. The van der Waals surface area contributed by atoms with E-state index in [4.69, 9.17) is 4.42 Å². The molecule has 0 fully saturated rings. The van der Waals surface area contributed by atoms with Crippen LogP contribution in [0, 0.1) is 13.8 Å². The van der Waals surface area contributed by atoms with E-state index in [0.717, 1.165) is 15.5 Å². The number of benzene rings is 2. The van der Waals surface area contributed by atoms with Crippen LogP contribution in [0.5, 0.6) is 0 Å². The van der Waals surface area contributed by atoms with Crippen LogP contribution in [-0.4, -0.2) is 5.71 Å². The zero-order valence-electron chi connectivity index (χ0n) is 13.7. The van der Waals surface area contributed by atoms with E-state index in [9.17, 15) is 4.79 Å². The summed E-state index contributed by atoms with van der Waals surface area (Å²) in [5, 5.41) is 5.17. The lowest BCUT2D eigenvalue weighted by Gasteiger charge is -2.06. The van der Waals surface area contributed by atoms with Gasteiger partial charge in [-0.05, 0) is 68.3 Å². The molecular formula is C19H17BrN2O2. The molecule has 1 heterocycles. The molecule has 0 aliphatic carbocycles. The molecule has 5 heteroatoms. The molecule has 0 atom stereocenters. The van der Waals surface area contributed by atoms with Gasteiger partial charge in [-0.3, -0.25) is 5.43 Å². The summed E-state index contributed by atoms with van der Waals surface area (Å²) in [5.41, 5.74) is 7.46. The lowest BCUT2D eigenvalue weighted by molar-refractivity contribution is 0.559. The van der Waals surface area contributed by atoms with Crippen molar-refractivity contribution in [2.75, 3.05) is 5.43 Å². The number of hydrogen-bond donors (Lipinski definition) is 1. The standard InChI is InChI=1S/C19H17BrN2O2/c1-11-4-6-16(8-12(11)2)22-21-13(3)17-10-14-9-15(20)5-7-18(14)24-19(17)23/h4-10,22H,1-3H3/b21-13-. The van der Waals surface area contributed by atoms with Crippen molar-refractivity contribution in [3.63, 3.8) is 0 Å². The zero-order chi connectivity index (χ0) is 17.3. The molecule has 0 saturated carbocycles. The monoisotopic (exact) mass is 384 g/mol. The van der Waals surface area contributed by atoms with Gasteiger partial charge >= 0.3 is 5.63 Å². The Balaban J connectivity index is 1.94. The van der Waals surface area contributed by atoms with Gasteiger partial charge in [0.1, 0.15) is 5.58 Å². The molecule has 0 bridgehead atoms. The van der Waals surface area contributed by atoms with E-state index in [0.29, 0.717) is 16.9 Å². The predicted octanol–water partition coefficient (Wildman–Crippen LogP) is 5.01. The number of halogens is 1. The lowest BCUT2D eigenvalue weighted by atomic mass is 10.1. The largest absolute Gasteiger partial charge is 0.422 e. The molecule has 4 nitrogen and oxygen atoms in total. The molecule has 24 heavy (non-hydrogen) atoms. The summed E-state index contributed by atoms with van der Waals surface area (Å²) in [6.07, 6.45) is 0. The molecule has 3 aromatic rings. The molecule has 0 unspecified atom stereocenters. The number of nitrogens with one attached hydrogen (secondary N) is 1. The highest BCUT2D eigenvalue weighted by Gasteiger charge is 2.09. The lowest BCUT2D eigenvalue weighted by Crippen LogP contribution is -2.13.